The number of anilines is 1. The van der Waals surface area contributed by atoms with Gasteiger partial charge in [0.25, 0.3) is 0 Å². The molecule has 4 N–H and O–H groups in total. The third kappa shape index (κ3) is 5.82. The lowest BCUT2D eigenvalue weighted by atomic mass is 9.85. The van der Waals surface area contributed by atoms with Crippen LogP contribution in [0.15, 0.2) is 29.3 Å². The van der Waals surface area contributed by atoms with Gasteiger partial charge in [-0.25, -0.2) is 4.99 Å². The van der Waals surface area contributed by atoms with Gasteiger partial charge in [-0.15, -0.1) is 24.0 Å². The van der Waals surface area contributed by atoms with Crippen molar-refractivity contribution in [2.24, 2.45) is 16.6 Å². The molecule has 0 saturated heterocycles. The number of carbonyl (C=O) groups is 1. The molecule has 1 saturated carbocycles. The number of amides is 1. The zero-order chi connectivity index (χ0) is 15.1. The van der Waals surface area contributed by atoms with Crippen LogP contribution in [0.4, 0.5) is 5.69 Å². The number of aliphatic imine (C=N–C) groups is 1. The molecule has 0 heterocycles. The average Bonchev–Trinajstić information content (AvgIpc) is 2.41. The third-order valence-electron chi connectivity index (χ3n) is 3.66. The van der Waals surface area contributed by atoms with Crippen molar-refractivity contribution in [3.8, 4) is 0 Å². The molecule has 0 bridgehead atoms. The highest BCUT2D eigenvalue weighted by Crippen LogP contribution is 2.27. The van der Waals surface area contributed by atoms with Gasteiger partial charge in [-0.1, -0.05) is 25.5 Å². The van der Waals surface area contributed by atoms with Gasteiger partial charge in [0.15, 0.2) is 5.96 Å². The van der Waals surface area contributed by atoms with E-state index in [2.05, 4.69) is 22.5 Å². The zero-order valence-corrected chi connectivity index (χ0v) is 15.3. The van der Waals surface area contributed by atoms with Gasteiger partial charge in [0.2, 0.25) is 5.91 Å². The normalized spacial score (nSPS) is 14.7. The number of halogens is 1. The van der Waals surface area contributed by atoms with Gasteiger partial charge < -0.3 is 16.4 Å². The number of rotatable bonds is 6. The van der Waals surface area contributed by atoms with Crippen molar-refractivity contribution in [2.75, 3.05) is 11.9 Å². The van der Waals surface area contributed by atoms with E-state index in [9.17, 15) is 4.79 Å². The summed E-state index contributed by atoms with van der Waals surface area (Å²) < 4.78 is 0. The summed E-state index contributed by atoms with van der Waals surface area (Å²) >= 11 is 0. The Hall–Kier alpha value is -1.31. The van der Waals surface area contributed by atoms with Crippen LogP contribution in [0.2, 0.25) is 0 Å². The molecule has 0 aliphatic heterocycles. The Morgan fingerprint density at radius 3 is 2.82 bits per heavy atom. The third-order valence-corrected chi connectivity index (χ3v) is 3.66. The predicted octanol–water partition coefficient (Wildman–Crippen LogP) is 2.86. The maximum atomic E-state index is 11.9. The minimum absolute atomic E-state index is 0. The number of hydrogen-bond acceptors (Lipinski definition) is 2. The van der Waals surface area contributed by atoms with Crippen LogP contribution < -0.4 is 16.4 Å². The summed E-state index contributed by atoms with van der Waals surface area (Å²) in [6.07, 6.45) is 4.20. The molecule has 0 spiro atoms. The first-order valence-electron chi connectivity index (χ1n) is 7.62. The number of nitrogens with one attached hydrogen (secondary N) is 2. The maximum Gasteiger partial charge on any atom is 0.227 e. The van der Waals surface area contributed by atoms with E-state index in [1.807, 2.05) is 24.3 Å². The fourth-order valence-corrected chi connectivity index (χ4v) is 2.15. The second kappa shape index (κ2) is 9.66. The minimum Gasteiger partial charge on any atom is -0.370 e. The number of guanidine groups is 1. The predicted molar refractivity (Wildman–Crippen MR) is 101 cm³/mol. The highest BCUT2D eigenvalue weighted by atomic mass is 127. The fraction of sp³-hybridized carbons (Fsp3) is 0.500. The summed E-state index contributed by atoms with van der Waals surface area (Å²) in [6.45, 7) is 3.41. The molecule has 22 heavy (non-hydrogen) atoms. The molecular weight excluding hydrogens is 391 g/mol. The highest BCUT2D eigenvalue weighted by Gasteiger charge is 2.25. The molecule has 2 rings (SSSR count). The van der Waals surface area contributed by atoms with Gasteiger partial charge in [0.1, 0.15) is 0 Å². The largest absolute Gasteiger partial charge is 0.370 e. The van der Waals surface area contributed by atoms with Crippen molar-refractivity contribution in [3.63, 3.8) is 0 Å². The Balaban J connectivity index is 0.00000242. The molecule has 1 aromatic carbocycles. The van der Waals surface area contributed by atoms with Gasteiger partial charge in [0, 0.05) is 18.2 Å². The van der Waals surface area contributed by atoms with E-state index in [4.69, 9.17) is 5.73 Å². The highest BCUT2D eigenvalue weighted by molar-refractivity contribution is 14.0. The molecule has 1 aliphatic carbocycles. The van der Waals surface area contributed by atoms with Crippen LogP contribution in [0.25, 0.3) is 0 Å². The topological polar surface area (TPSA) is 79.5 Å². The van der Waals surface area contributed by atoms with Gasteiger partial charge in [-0.05, 0) is 37.0 Å². The summed E-state index contributed by atoms with van der Waals surface area (Å²) in [4.78, 5) is 16.2. The summed E-state index contributed by atoms with van der Waals surface area (Å²) in [6, 6.07) is 7.77. The Bertz CT molecular complexity index is 515. The van der Waals surface area contributed by atoms with Gasteiger partial charge in [-0.2, -0.15) is 0 Å². The molecule has 1 amide bonds. The first kappa shape index (κ1) is 18.7. The molecule has 6 heteroatoms. The van der Waals surface area contributed by atoms with Gasteiger partial charge in [-0.3, -0.25) is 4.79 Å². The number of nitrogens with zero attached hydrogens (tertiary/aromatic N) is 1. The van der Waals surface area contributed by atoms with Crippen LogP contribution in [0.1, 0.15) is 38.2 Å². The zero-order valence-electron chi connectivity index (χ0n) is 13.0. The maximum absolute atomic E-state index is 11.9. The van der Waals surface area contributed by atoms with E-state index in [0.717, 1.165) is 43.5 Å². The quantitative estimate of drug-likeness (QED) is 0.379. The lowest BCUT2D eigenvalue weighted by Crippen LogP contribution is -2.32. The molecular formula is C16H25IN4O. The second-order valence-corrected chi connectivity index (χ2v) is 5.45. The van der Waals surface area contributed by atoms with Crippen molar-refractivity contribution in [1.29, 1.82) is 0 Å². The fourth-order valence-electron chi connectivity index (χ4n) is 2.15. The number of benzene rings is 1. The molecule has 5 nitrogen and oxygen atoms in total. The first-order chi connectivity index (χ1) is 10.2. The molecule has 1 aliphatic rings. The average molecular weight is 416 g/mol. The molecule has 0 aromatic heterocycles. The van der Waals surface area contributed by atoms with Gasteiger partial charge in [0.05, 0.1) is 6.54 Å². The van der Waals surface area contributed by atoms with Crippen molar-refractivity contribution >= 4 is 41.5 Å². The molecule has 122 valence electrons. The Morgan fingerprint density at radius 2 is 2.18 bits per heavy atom. The molecule has 0 unspecified atom stereocenters. The first-order valence-corrected chi connectivity index (χ1v) is 7.62. The van der Waals surface area contributed by atoms with E-state index >= 15 is 0 Å². The van der Waals surface area contributed by atoms with Crippen molar-refractivity contribution in [1.82, 2.24) is 5.32 Å². The van der Waals surface area contributed by atoms with Crippen molar-refractivity contribution in [3.05, 3.63) is 29.8 Å². The standard InChI is InChI=1S/C16H24N4O.HI/c1-2-9-18-16(17)19-11-12-5-3-8-14(10-12)20-15(21)13-6-4-7-13;/h3,5,8,10,13H,2,4,6-7,9,11H2,1H3,(H,20,21)(H3,17,18,19);1H. The van der Waals surface area contributed by atoms with Crippen LogP contribution in [-0.2, 0) is 11.3 Å². The van der Waals surface area contributed by atoms with Crippen LogP contribution in [0.5, 0.6) is 0 Å². The van der Waals surface area contributed by atoms with E-state index in [-0.39, 0.29) is 35.8 Å². The minimum atomic E-state index is 0. The molecule has 1 fully saturated rings. The van der Waals surface area contributed by atoms with E-state index in [1.54, 1.807) is 0 Å². The van der Waals surface area contributed by atoms with Crippen molar-refractivity contribution in [2.45, 2.75) is 39.2 Å². The number of nitrogens with two attached hydrogens (primary N) is 1. The van der Waals surface area contributed by atoms with E-state index in [1.165, 1.54) is 0 Å². The van der Waals surface area contributed by atoms with Crippen molar-refractivity contribution < 1.29 is 4.79 Å². The second-order valence-electron chi connectivity index (χ2n) is 5.45. The van der Waals surface area contributed by atoms with Gasteiger partial charge >= 0.3 is 0 Å². The summed E-state index contributed by atoms with van der Waals surface area (Å²) in [5, 5.41) is 6.01. The molecule has 0 atom stereocenters. The summed E-state index contributed by atoms with van der Waals surface area (Å²) in [5.41, 5.74) is 7.62. The van der Waals surface area contributed by atoms with E-state index < -0.39 is 0 Å². The Labute approximate surface area is 149 Å². The SMILES string of the molecule is CCCNC(N)=NCc1cccc(NC(=O)C2CCC2)c1.I. The number of carbonyl (C=O) groups excluding carboxylic acids is 1. The number of hydrogen-bond donors (Lipinski definition) is 3. The van der Waals surface area contributed by atoms with Crippen LogP contribution in [0.3, 0.4) is 0 Å². The lowest BCUT2D eigenvalue weighted by Gasteiger charge is -2.24. The van der Waals surface area contributed by atoms with Crippen LogP contribution in [0, 0.1) is 5.92 Å². The van der Waals surface area contributed by atoms with Crippen LogP contribution >= 0.6 is 24.0 Å². The Morgan fingerprint density at radius 1 is 1.41 bits per heavy atom. The molecule has 0 radical (unpaired) electrons. The summed E-state index contributed by atoms with van der Waals surface area (Å²) in [7, 11) is 0. The molecule has 1 aromatic rings. The smallest absolute Gasteiger partial charge is 0.227 e. The monoisotopic (exact) mass is 416 g/mol. The Kier molecular flexibility index (Phi) is 8.22. The van der Waals surface area contributed by atoms with E-state index in [0.29, 0.717) is 12.5 Å². The summed E-state index contributed by atoms with van der Waals surface area (Å²) in [5.74, 6) is 0.785. The van der Waals surface area contributed by atoms with Crippen LogP contribution in [-0.4, -0.2) is 18.4 Å². The lowest BCUT2D eigenvalue weighted by molar-refractivity contribution is -0.122.